The molecule has 12 nitrogen and oxygen atoms in total. The number of nitrogens with one attached hydrogen (secondary N) is 5. The van der Waals surface area contributed by atoms with E-state index >= 15 is 0 Å². The van der Waals surface area contributed by atoms with E-state index < -0.39 is 45.2 Å². The number of benzene rings is 2. The topological polar surface area (TPSA) is 172 Å². The lowest BCUT2D eigenvalue weighted by molar-refractivity contribution is -0.138. The summed E-state index contributed by atoms with van der Waals surface area (Å²) in [7, 11) is -3.69. The lowest BCUT2D eigenvalue weighted by atomic mass is 9.92. The van der Waals surface area contributed by atoms with Gasteiger partial charge in [-0.15, -0.1) is 22.7 Å². The molecular weight excluding hydrogens is 898 g/mol. The molecule has 1 unspecified atom stereocenters. The molecule has 4 aromatic heterocycles. The lowest BCUT2D eigenvalue weighted by Gasteiger charge is -2.28. The van der Waals surface area contributed by atoms with Crippen LogP contribution in [0.5, 0.6) is 0 Å². The highest BCUT2D eigenvalue weighted by molar-refractivity contribution is 7.92. The Morgan fingerprint density at radius 2 is 1.40 bits per heavy atom. The van der Waals surface area contributed by atoms with Crippen LogP contribution in [0.3, 0.4) is 0 Å². The standard InChI is InChI=1S/C37H30Cl2F6N10O2S3/c1-60(56,57)55-19-9-28(58-15-19)31-21(36(40,41)42)13-49-34(53-31)52-27-8-17-3-5-48-30(20(17)10-24(27)39)33-25(46)11-29(59-33)32-22(37(43,44)45)14-50-35(54-32)51-26-7-16-2-4-47-12-18(16)6-23(26)38/h6-11,13-15,30,47-48,55H,2-5,12,46H2,1H3,(H,49,52,53)(H,50,51,54). The Bertz CT molecular complexity index is 2760. The second-order valence-electron chi connectivity index (χ2n) is 13.9. The first-order chi connectivity index (χ1) is 28.3. The minimum atomic E-state index is -4.83. The van der Waals surface area contributed by atoms with Gasteiger partial charge in [-0.05, 0) is 78.0 Å². The van der Waals surface area contributed by atoms with E-state index in [2.05, 4.69) is 45.9 Å². The molecule has 23 heteroatoms. The molecule has 1 atom stereocenters. The minimum Gasteiger partial charge on any atom is -0.398 e. The molecule has 0 radical (unpaired) electrons. The third-order valence-electron chi connectivity index (χ3n) is 9.56. The number of hydrogen-bond acceptors (Lipinski definition) is 13. The van der Waals surface area contributed by atoms with E-state index in [1.807, 2.05) is 6.07 Å². The number of halogens is 8. The van der Waals surface area contributed by atoms with Crippen LogP contribution in [-0.2, 0) is 41.8 Å². The Hall–Kier alpha value is -4.77. The largest absolute Gasteiger partial charge is 0.420 e. The number of fused-ring (bicyclic) bond motifs is 2. The summed E-state index contributed by atoms with van der Waals surface area (Å²) in [4.78, 5) is 17.0. The van der Waals surface area contributed by atoms with Crippen LogP contribution < -0.4 is 31.7 Å². The molecule has 6 heterocycles. The van der Waals surface area contributed by atoms with Crippen molar-refractivity contribution in [2.24, 2.45) is 0 Å². The minimum absolute atomic E-state index is 0.0332. The zero-order valence-electron chi connectivity index (χ0n) is 30.7. The van der Waals surface area contributed by atoms with E-state index in [0.717, 1.165) is 64.8 Å². The van der Waals surface area contributed by atoms with Gasteiger partial charge in [0.25, 0.3) is 0 Å². The van der Waals surface area contributed by atoms with Crippen LogP contribution in [0.2, 0.25) is 10.0 Å². The number of nitrogens with zero attached hydrogens (tertiary/aromatic N) is 4. The Morgan fingerprint density at radius 1 is 0.800 bits per heavy atom. The molecule has 0 spiro atoms. The lowest BCUT2D eigenvalue weighted by Crippen LogP contribution is -2.30. The van der Waals surface area contributed by atoms with Crippen LogP contribution in [0.4, 0.5) is 61.0 Å². The van der Waals surface area contributed by atoms with Crippen LogP contribution in [0.25, 0.3) is 21.1 Å². The molecule has 0 aliphatic carbocycles. The number of nitrogens with two attached hydrogens (primary N) is 1. The average molecular weight is 928 g/mol. The molecule has 2 aliphatic rings. The van der Waals surface area contributed by atoms with Crippen molar-refractivity contribution < 1.29 is 34.8 Å². The van der Waals surface area contributed by atoms with Crippen LogP contribution in [0.15, 0.2) is 54.2 Å². The van der Waals surface area contributed by atoms with Gasteiger partial charge >= 0.3 is 12.4 Å². The van der Waals surface area contributed by atoms with E-state index in [1.54, 1.807) is 18.2 Å². The second-order valence-corrected chi connectivity index (χ2v) is 18.4. The highest BCUT2D eigenvalue weighted by Gasteiger charge is 2.38. The monoisotopic (exact) mass is 926 g/mol. The van der Waals surface area contributed by atoms with Crippen LogP contribution in [0.1, 0.15) is 44.3 Å². The van der Waals surface area contributed by atoms with Crippen molar-refractivity contribution in [3.63, 3.8) is 0 Å². The maximum absolute atomic E-state index is 14.4. The molecule has 0 saturated heterocycles. The Morgan fingerprint density at radius 3 is 2.03 bits per heavy atom. The van der Waals surface area contributed by atoms with Crippen LogP contribution in [-0.4, -0.2) is 47.7 Å². The summed E-state index contributed by atoms with van der Waals surface area (Å²) in [6.07, 6.45) is -6.13. The Balaban J connectivity index is 1.09. The molecule has 0 saturated carbocycles. The number of thiophene rings is 2. The molecule has 0 amide bonds. The first kappa shape index (κ1) is 41.9. The molecule has 7 N–H and O–H groups in total. The third kappa shape index (κ3) is 8.83. The fourth-order valence-corrected chi connectivity index (χ4v) is 10.0. The first-order valence-corrected chi connectivity index (χ1v) is 22.1. The number of anilines is 6. The average Bonchev–Trinajstić information content (AvgIpc) is 3.79. The predicted octanol–water partition coefficient (Wildman–Crippen LogP) is 9.39. The SMILES string of the molecule is CS(=O)(=O)Nc1csc(-c2nc(Nc3cc4c(cc3Cl)C(c3sc(-c5nc(Nc6cc7c(cc6Cl)CNCC7)ncc5C(F)(F)F)cc3N)NCC4)ncc2C(F)(F)F)c1. The molecule has 314 valence electrons. The van der Waals surface area contributed by atoms with Gasteiger partial charge in [0.15, 0.2) is 0 Å². The summed E-state index contributed by atoms with van der Waals surface area (Å²) in [5, 5.41) is 14.4. The highest BCUT2D eigenvalue weighted by Crippen LogP contribution is 2.46. The van der Waals surface area contributed by atoms with Gasteiger partial charge in [-0.3, -0.25) is 4.72 Å². The van der Waals surface area contributed by atoms with Crippen molar-refractivity contribution in [3.8, 4) is 21.1 Å². The number of aromatic nitrogens is 4. The van der Waals surface area contributed by atoms with Gasteiger partial charge in [0.05, 0.1) is 60.5 Å². The van der Waals surface area contributed by atoms with Gasteiger partial charge in [-0.1, -0.05) is 23.2 Å². The summed E-state index contributed by atoms with van der Waals surface area (Å²) >= 11 is 15.2. The Kier molecular flexibility index (Phi) is 11.1. The molecule has 0 bridgehead atoms. The molecule has 2 aliphatic heterocycles. The van der Waals surface area contributed by atoms with Crippen LogP contribution >= 0.6 is 45.9 Å². The maximum Gasteiger partial charge on any atom is 0.420 e. The smallest absolute Gasteiger partial charge is 0.398 e. The summed E-state index contributed by atoms with van der Waals surface area (Å²) < 4.78 is 111. The molecule has 8 rings (SSSR count). The third-order valence-corrected chi connectivity index (χ3v) is 13.0. The van der Waals surface area contributed by atoms with Gasteiger partial charge in [0.1, 0.15) is 11.1 Å². The summed E-state index contributed by atoms with van der Waals surface area (Å²) in [6.45, 7) is 1.85. The maximum atomic E-state index is 14.4. The normalized spacial score (nSPS) is 15.7. The fraction of sp³-hybridized carbons (Fsp3) is 0.243. The number of alkyl halides is 6. The van der Waals surface area contributed by atoms with Gasteiger partial charge in [0.2, 0.25) is 21.9 Å². The van der Waals surface area contributed by atoms with Crippen molar-refractivity contribution in [2.75, 3.05) is 40.4 Å². The zero-order chi connectivity index (χ0) is 42.7. The van der Waals surface area contributed by atoms with Gasteiger partial charge in [-0.25, -0.2) is 28.4 Å². The van der Waals surface area contributed by atoms with Crippen molar-refractivity contribution in [1.29, 1.82) is 0 Å². The summed E-state index contributed by atoms with van der Waals surface area (Å²) in [5.41, 5.74) is 7.99. The van der Waals surface area contributed by atoms with Crippen molar-refractivity contribution in [3.05, 3.63) is 102 Å². The van der Waals surface area contributed by atoms with E-state index in [-0.39, 0.29) is 49.4 Å². The number of hydrogen-bond donors (Lipinski definition) is 6. The highest BCUT2D eigenvalue weighted by atomic mass is 35.5. The fourth-order valence-electron chi connectivity index (χ4n) is 6.91. The van der Waals surface area contributed by atoms with Crippen molar-refractivity contribution in [2.45, 2.75) is 37.8 Å². The first-order valence-electron chi connectivity index (χ1n) is 17.8. The van der Waals surface area contributed by atoms with E-state index in [9.17, 15) is 34.8 Å². The molecule has 2 aromatic carbocycles. The van der Waals surface area contributed by atoms with E-state index in [1.165, 1.54) is 17.5 Å². The quantitative estimate of drug-likeness (QED) is 0.0764. The predicted molar refractivity (Wildman–Crippen MR) is 222 cm³/mol. The van der Waals surface area contributed by atoms with Gasteiger partial charge < -0.3 is 27.0 Å². The number of sulfonamides is 1. The van der Waals surface area contributed by atoms with Crippen molar-refractivity contribution >= 4 is 90.5 Å². The van der Waals surface area contributed by atoms with Gasteiger partial charge in [-0.2, -0.15) is 26.3 Å². The second kappa shape index (κ2) is 15.9. The van der Waals surface area contributed by atoms with Gasteiger partial charge in [0, 0.05) is 41.4 Å². The van der Waals surface area contributed by atoms with Crippen molar-refractivity contribution in [1.82, 2.24) is 30.6 Å². The Labute approximate surface area is 356 Å². The van der Waals surface area contributed by atoms with Crippen LogP contribution in [0, 0.1) is 0 Å². The summed E-state index contributed by atoms with van der Waals surface area (Å²) in [6, 6.07) is 9.04. The number of rotatable bonds is 9. The number of nitrogen functional groups attached to an aromatic ring is 1. The molecular formula is C37H30Cl2F6N10O2S3. The van der Waals surface area contributed by atoms with E-state index in [4.69, 9.17) is 28.9 Å². The zero-order valence-corrected chi connectivity index (χ0v) is 34.7. The molecule has 0 fully saturated rings. The summed E-state index contributed by atoms with van der Waals surface area (Å²) in [5.74, 6) is -0.308. The molecule has 6 aromatic rings. The van der Waals surface area contributed by atoms with E-state index in [0.29, 0.717) is 46.9 Å². The molecule has 60 heavy (non-hydrogen) atoms.